The molecule has 0 aliphatic carbocycles. The van der Waals surface area contributed by atoms with Gasteiger partial charge in [-0.15, -0.1) is 11.3 Å². The number of hydrogen-bond donors (Lipinski definition) is 2. The minimum atomic E-state index is -0.283. The molecule has 1 aromatic heterocycles. The lowest BCUT2D eigenvalue weighted by Crippen LogP contribution is -2.14. The van der Waals surface area contributed by atoms with E-state index in [4.69, 9.17) is 0 Å². The maximum atomic E-state index is 12.6. The largest absolute Gasteiger partial charge is 0.322 e. The smallest absolute Gasteiger partial charge is 0.257 e. The Hall–Kier alpha value is -3.77. The van der Waals surface area contributed by atoms with Gasteiger partial charge in [0, 0.05) is 27.8 Å². The second-order valence-electron chi connectivity index (χ2n) is 6.26. The van der Waals surface area contributed by atoms with Gasteiger partial charge in [-0.05, 0) is 30.3 Å². The summed E-state index contributed by atoms with van der Waals surface area (Å²) in [6.45, 7) is 0. The molecule has 4 aromatic rings. The topological polar surface area (TPSA) is 71.1 Å². The van der Waals surface area contributed by atoms with Crippen LogP contribution < -0.4 is 10.6 Å². The molecule has 0 aliphatic heterocycles. The Bertz CT molecular complexity index is 1140. The molecule has 0 fully saturated rings. The van der Waals surface area contributed by atoms with Crippen molar-refractivity contribution < 1.29 is 9.59 Å². The molecule has 4 rings (SSSR count). The molecule has 0 bridgehead atoms. The number of nitrogens with zero attached hydrogens (tertiary/aromatic N) is 1. The second-order valence-corrected chi connectivity index (χ2v) is 7.12. The molecule has 6 heteroatoms. The quantitative estimate of drug-likeness (QED) is 0.477. The van der Waals surface area contributed by atoms with Crippen LogP contribution in [0.4, 0.5) is 10.8 Å². The highest BCUT2D eigenvalue weighted by molar-refractivity contribution is 7.14. The molecule has 0 atom stereocenters. The molecule has 1 heterocycles. The van der Waals surface area contributed by atoms with Crippen LogP contribution in [0.5, 0.6) is 0 Å². The number of carbonyl (C=O) groups excluding carboxylic acids is 2. The molecular formula is C23H17N3O2S. The van der Waals surface area contributed by atoms with Crippen LogP contribution in [-0.2, 0) is 0 Å². The fraction of sp³-hybridized carbons (Fsp3) is 0. The van der Waals surface area contributed by atoms with E-state index in [0.717, 1.165) is 11.3 Å². The van der Waals surface area contributed by atoms with Crippen LogP contribution in [0.3, 0.4) is 0 Å². The van der Waals surface area contributed by atoms with Gasteiger partial charge in [-0.2, -0.15) is 0 Å². The second kappa shape index (κ2) is 8.50. The Morgan fingerprint density at radius 1 is 0.724 bits per heavy atom. The molecule has 0 saturated carbocycles. The van der Waals surface area contributed by atoms with Crippen LogP contribution in [-0.4, -0.2) is 16.8 Å². The number of nitrogens with one attached hydrogen (secondary N) is 2. The summed E-state index contributed by atoms with van der Waals surface area (Å²) in [4.78, 5) is 29.4. The standard InChI is InChI=1S/C23H17N3O2S/c27-21(17-10-5-2-6-11-17)24-19-13-7-12-18(14-19)22(28)26-23-25-20(15-29-23)16-8-3-1-4-9-16/h1-15H,(H,24,27)(H,25,26,28). The molecule has 29 heavy (non-hydrogen) atoms. The van der Waals surface area contributed by atoms with Gasteiger partial charge in [0.25, 0.3) is 11.8 Å². The van der Waals surface area contributed by atoms with E-state index in [1.54, 1.807) is 48.5 Å². The predicted octanol–water partition coefficient (Wildman–Crippen LogP) is 5.31. The van der Waals surface area contributed by atoms with E-state index in [1.807, 2.05) is 41.8 Å². The van der Waals surface area contributed by atoms with Crippen molar-refractivity contribution >= 4 is 34.0 Å². The zero-order valence-electron chi connectivity index (χ0n) is 15.3. The van der Waals surface area contributed by atoms with Crippen LogP contribution in [0.15, 0.2) is 90.3 Å². The van der Waals surface area contributed by atoms with E-state index >= 15 is 0 Å². The van der Waals surface area contributed by atoms with Crippen molar-refractivity contribution in [2.24, 2.45) is 0 Å². The summed E-state index contributed by atoms with van der Waals surface area (Å²) < 4.78 is 0. The Labute approximate surface area is 172 Å². The van der Waals surface area contributed by atoms with Crippen LogP contribution in [0.2, 0.25) is 0 Å². The van der Waals surface area contributed by atoms with Crippen molar-refractivity contribution in [2.45, 2.75) is 0 Å². The van der Waals surface area contributed by atoms with Crippen molar-refractivity contribution in [2.75, 3.05) is 10.6 Å². The number of rotatable bonds is 5. The zero-order chi connectivity index (χ0) is 20.1. The normalized spacial score (nSPS) is 10.3. The highest BCUT2D eigenvalue weighted by atomic mass is 32.1. The molecule has 142 valence electrons. The first-order chi connectivity index (χ1) is 14.2. The van der Waals surface area contributed by atoms with E-state index in [2.05, 4.69) is 15.6 Å². The molecule has 0 spiro atoms. The van der Waals surface area contributed by atoms with Crippen molar-refractivity contribution in [3.05, 3.63) is 101 Å². The molecular weight excluding hydrogens is 382 g/mol. The van der Waals surface area contributed by atoms with Gasteiger partial charge in [0.15, 0.2) is 5.13 Å². The van der Waals surface area contributed by atoms with Gasteiger partial charge >= 0.3 is 0 Å². The number of anilines is 2. The molecule has 5 nitrogen and oxygen atoms in total. The number of amides is 2. The fourth-order valence-corrected chi connectivity index (χ4v) is 3.49. The minimum Gasteiger partial charge on any atom is -0.322 e. The summed E-state index contributed by atoms with van der Waals surface area (Å²) in [5.41, 5.74) is 3.35. The lowest BCUT2D eigenvalue weighted by Gasteiger charge is -2.07. The highest BCUT2D eigenvalue weighted by Gasteiger charge is 2.12. The summed E-state index contributed by atoms with van der Waals surface area (Å²) in [6.07, 6.45) is 0. The lowest BCUT2D eigenvalue weighted by molar-refractivity contribution is 0.101. The molecule has 0 aliphatic rings. The van der Waals surface area contributed by atoms with Gasteiger partial charge in [0.2, 0.25) is 0 Å². The average Bonchev–Trinajstić information content (AvgIpc) is 3.23. The average molecular weight is 399 g/mol. The SMILES string of the molecule is O=C(Nc1cccc(C(=O)Nc2nc(-c3ccccc3)cs2)c1)c1ccccc1. The highest BCUT2D eigenvalue weighted by Crippen LogP contribution is 2.25. The number of thiazole rings is 1. The first-order valence-corrected chi connectivity index (χ1v) is 9.86. The van der Waals surface area contributed by atoms with Crippen molar-refractivity contribution in [1.82, 2.24) is 4.98 Å². The Morgan fingerprint density at radius 3 is 2.14 bits per heavy atom. The summed E-state index contributed by atoms with van der Waals surface area (Å²) in [7, 11) is 0. The summed E-state index contributed by atoms with van der Waals surface area (Å²) >= 11 is 1.37. The third kappa shape index (κ3) is 4.56. The molecule has 0 radical (unpaired) electrons. The summed E-state index contributed by atoms with van der Waals surface area (Å²) in [5, 5.41) is 8.05. The maximum absolute atomic E-state index is 12.6. The molecule has 3 aromatic carbocycles. The first-order valence-electron chi connectivity index (χ1n) is 8.98. The minimum absolute atomic E-state index is 0.226. The third-order valence-corrected chi connectivity index (χ3v) is 4.97. The lowest BCUT2D eigenvalue weighted by atomic mass is 10.1. The van der Waals surface area contributed by atoms with Gasteiger partial charge < -0.3 is 5.32 Å². The number of benzene rings is 3. The van der Waals surface area contributed by atoms with Crippen LogP contribution in [0.25, 0.3) is 11.3 Å². The Morgan fingerprint density at radius 2 is 1.38 bits per heavy atom. The molecule has 0 unspecified atom stereocenters. The van der Waals surface area contributed by atoms with E-state index in [0.29, 0.717) is 21.9 Å². The summed E-state index contributed by atoms with van der Waals surface area (Å²) in [6, 6.07) is 25.5. The fourth-order valence-electron chi connectivity index (χ4n) is 2.77. The Balaban J connectivity index is 1.45. The predicted molar refractivity (Wildman–Crippen MR) is 116 cm³/mol. The number of carbonyl (C=O) groups is 2. The first kappa shape index (κ1) is 18.6. The monoisotopic (exact) mass is 399 g/mol. The van der Waals surface area contributed by atoms with Gasteiger partial charge in [0.05, 0.1) is 5.69 Å². The maximum Gasteiger partial charge on any atom is 0.257 e. The molecule has 2 amide bonds. The van der Waals surface area contributed by atoms with Gasteiger partial charge in [-0.3, -0.25) is 14.9 Å². The van der Waals surface area contributed by atoms with Crippen molar-refractivity contribution in [3.63, 3.8) is 0 Å². The van der Waals surface area contributed by atoms with E-state index in [-0.39, 0.29) is 11.8 Å². The molecule has 2 N–H and O–H groups in total. The van der Waals surface area contributed by atoms with Gasteiger partial charge in [-0.1, -0.05) is 54.6 Å². The third-order valence-electron chi connectivity index (χ3n) is 4.21. The van der Waals surface area contributed by atoms with Crippen LogP contribution >= 0.6 is 11.3 Å². The van der Waals surface area contributed by atoms with E-state index in [9.17, 15) is 9.59 Å². The van der Waals surface area contributed by atoms with Crippen LogP contribution in [0.1, 0.15) is 20.7 Å². The van der Waals surface area contributed by atoms with Gasteiger partial charge in [0.1, 0.15) is 0 Å². The van der Waals surface area contributed by atoms with Gasteiger partial charge in [-0.25, -0.2) is 4.98 Å². The van der Waals surface area contributed by atoms with Crippen molar-refractivity contribution in [1.29, 1.82) is 0 Å². The number of aromatic nitrogens is 1. The van der Waals surface area contributed by atoms with E-state index < -0.39 is 0 Å². The molecule has 0 saturated heterocycles. The summed E-state index contributed by atoms with van der Waals surface area (Å²) in [5.74, 6) is -0.509. The number of hydrogen-bond acceptors (Lipinski definition) is 4. The van der Waals surface area contributed by atoms with Crippen molar-refractivity contribution in [3.8, 4) is 11.3 Å². The van der Waals surface area contributed by atoms with E-state index in [1.165, 1.54) is 11.3 Å². The Kier molecular flexibility index (Phi) is 5.45. The van der Waals surface area contributed by atoms with Crippen LogP contribution in [0, 0.1) is 0 Å². The zero-order valence-corrected chi connectivity index (χ0v) is 16.1.